The number of carbonyl (C=O) groups excluding carboxylic acids is 1. The average Bonchev–Trinajstić information content (AvgIpc) is 2.74. The van der Waals surface area contributed by atoms with Crippen molar-refractivity contribution in [1.82, 2.24) is 4.90 Å². The van der Waals surface area contributed by atoms with E-state index in [-0.39, 0.29) is 5.91 Å². The summed E-state index contributed by atoms with van der Waals surface area (Å²) >= 11 is 14.7. The number of rotatable bonds is 2. The molecule has 1 heterocycles. The minimum atomic E-state index is -0.150. The second kappa shape index (κ2) is 6.43. The van der Waals surface area contributed by atoms with E-state index in [1.165, 1.54) is 4.90 Å². The molecule has 0 saturated carbocycles. The third-order valence-corrected chi connectivity index (χ3v) is 4.76. The van der Waals surface area contributed by atoms with E-state index in [0.29, 0.717) is 21.5 Å². The fourth-order valence-electron chi connectivity index (χ4n) is 2.29. The third kappa shape index (κ3) is 3.17. The van der Waals surface area contributed by atoms with Crippen LogP contribution in [0.1, 0.15) is 5.56 Å². The van der Waals surface area contributed by atoms with Crippen molar-refractivity contribution in [3.05, 3.63) is 69.3 Å². The molecule has 0 radical (unpaired) electrons. The number of likely N-dealkylation sites (N-methyl/N-ethyl adjacent to an activating group) is 1. The van der Waals surface area contributed by atoms with Gasteiger partial charge in [-0.25, -0.2) is 0 Å². The Bertz CT molecular complexity index is 802. The second-order valence-electron chi connectivity index (χ2n) is 5.04. The standard InChI is InChI=1S/C17H12BrClN2OS/c1-20-15(10-11-2-4-12(18)5-3-11)16(22)21(17(20)23)14-8-6-13(19)7-9-14/h2-10H,1H3. The monoisotopic (exact) mass is 406 g/mol. The summed E-state index contributed by atoms with van der Waals surface area (Å²) in [5.41, 5.74) is 2.17. The maximum absolute atomic E-state index is 12.8. The topological polar surface area (TPSA) is 23.6 Å². The van der Waals surface area contributed by atoms with Gasteiger partial charge in [0.2, 0.25) is 0 Å². The minimum Gasteiger partial charge on any atom is -0.317 e. The molecular formula is C17H12BrClN2OS. The van der Waals surface area contributed by atoms with Gasteiger partial charge in [-0.1, -0.05) is 39.7 Å². The molecular weight excluding hydrogens is 396 g/mol. The van der Waals surface area contributed by atoms with Crippen LogP contribution in [0.15, 0.2) is 58.7 Å². The number of hydrogen-bond acceptors (Lipinski definition) is 2. The number of carbonyl (C=O) groups is 1. The number of hydrogen-bond donors (Lipinski definition) is 0. The van der Waals surface area contributed by atoms with Crippen LogP contribution in [0.25, 0.3) is 6.08 Å². The molecule has 3 nitrogen and oxygen atoms in total. The molecule has 0 N–H and O–H groups in total. The minimum absolute atomic E-state index is 0.150. The molecule has 2 aromatic rings. The van der Waals surface area contributed by atoms with Crippen LogP contribution >= 0.6 is 39.7 Å². The molecule has 3 rings (SSSR count). The summed E-state index contributed by atoms with van der Waals surface area (Å²) < 4.78 is 0.990. The zero-order valence-corrected chi connectivity index (χ0v) is 15.3. The molecule has 23 heavy (non-hydrogen) atoms. The highest BCUT2D eigenvalue weighted by molar-refractivity contribution is 9.10. The number of nitrogens with zero attached hydrogens (tertiary/aromatic N) is 2. The van der Waals surface area contributed by atoms with Gasteiger partial charge in [0.05, 0.1) is 5.69 Å². The Morgan fingerprint density at radius 3 is 2.30 bits per heavy atom. The summed E-state index contributed by atoms with van der Waals surface area (Å²) in [4.78, 5) is 16.0. The van der Waals surface area contributed by atoms with Gasteiger partial charge in [0, 0.05) is 16.5 Å². The SMILES string of the molecule is CN1C(=S)N(c2ccc(Cl)cc2)C(=O)C1=Cc1ccc(Br)cc1. The van der Waals surface area contributed by atoms with E-state index < -0.39 is 0 Å². The van der Waals surface area contributed by atoms with Crippen molar-refractivity contribution in [3.8, 4) is 0 Å². The van der Waals surface area contributed by atoms with Crippen molar-refractivity contribution >= 4 is 62.5 Å². The summed E-state index contributed by atoms with van der Waals surface area (Å²) in [5.74, 6) is -0.150. The Labute approximate surface area is 153 Å². The molecule has 0 bridgehead atoms. The zero-order valence-electron chi connectivity index (χ0n) is 12.2. The lowest BCUT2D eigenvalue weighted by Crippen LogP contribution is -2.31. The lowest BCUT2D eigenvalue weighted by atomic mass is 10.2. The predicted molar refractivity (Wildman–Crippen MR) is 101 cm³/mol. The Morgan fingerprint density at radius 2 is 1.70 bits per heavy atom. The molecule has 0 aromatic heterocycles. The Balaban J connectivity index is 1.97. The van der Waals surface area contributed by atoms with Crippen LogP contribution in [0.3, 0.4) is 0 Å². The van der Waals surface area contributed by atoms with Gasteiger partial charge in [-0.05, 0) is 60.3 Å². The highest BCUT2D eigenvalue weighted by Gasteiger charge is 2.36. The van der Waals surface area contributed by atoms with Crippen molar-refractivity contribution in [2.75, 3.05) is 11.9 Å². The fraction of sp³-hybridized carbons (Fsp3) is 0.0588. The molecule has 6 heteroatoms. The van der Waals surface area contributed by atoms with Crippen LogP contribution in [-0.2, 0) is 4.79 Å². The molecule has 116 valence electrons. The highest BCUT2D eigenvalue weighted by atomic mass is 79.9. The van der Waals surface area contributed by atoms with Gasteiger partial charge in [-0.2, -0.15) is 0 Å². The third-order valence-electron chi connectivity index (χ3n) is 3.52. The van der Waals surface area contributed by atoms with Crippen molar-refractivity contribution in [1.29, 1.82) is 0 Å². The first kappa shape index (κ1) is 16.2. The van der Waals surface area contributed by atoms with Gasteiger partial charge >= 0.3 is 0 Å². The number of halogens is 2. The van der Waals surface area contributed by atoms with Crippen molar-refractivity contribution < 1.29 is 4.79 Å². The van der Waals surface area contributed by atoms with Crippen LogP contribution in [-0.4, -0.2) is 23.0 Å². The quantitative estimate of drug-likeness (QED) is 0.532. The summed E-state index contributed by atoms with van der Waals surface area (Å²) in [6.45, 7) is 0. The Kier molecular flexibility index (Phi) is 4.53. The molecule has 0 atom stereocenters. The molecule has 0 aliphatic carbocycles. The van der Waals surface area contributed by atoms with Gasteiger partial charge in [0.1, 0.15) is 5.70 Å². The summed E-state index contributed by atoms with van der Waals surface area (Å²) in [6.07, 6.45) is 1.83. The van der Waals surface area contributed by atoms with Crippen LogP contribution in [0.4, 0.5) is 5.69 Å². The smallest absolute Gasteiger partial charge is 0.281 e. The normalized spacial score (nSPS) is 16.6. The van der Waals surface area contributed by atoms with E-state index in [2.05, 4.69) is 15.9 Å². The fourth-order valence-corrected chi connectivity index (χ4v) is 2.97. The first-order chi connectivity index (χ1) is 11.0. The van der Waals surface area contributed by atoms with Crippen molar-refractivity contribution in [2.45, 2.75) is 0 Å². The number of anilines is 1. The van der Waals surface area contributed by atoms with Gasteiger partial charge in [0.15, 0.2) is 5.11 Å². The number of amides is 1. The summed E-state index contributed by atoms with van der Waals surface area (Å²) in [7, 11) is 1.79. The van der Waals surface area contributed by atoms with Crippen LogP contribution in [0.5, 0.6) is 0 Å². The van der Waals surface area contributed by atoms with Crippen LogP contribution in [0.2, 0.25) is 5.02 Å². The highest BCUT2D eigenvalue weighted by Crippen LogP contribution is 2.28. The molecule has 1 aliphatic rings. The molecule has 0 unspecified atom stereocenters. The molecule has 1 amide bonds. The Morgan fingerprint density at radius 1 is 1.09 bits per heavy atom. The predicted octanol–water partition coefficient (Wildman–Crippen LogP) is 4.71. The summed E-state index contributed by atoms with van der Waals surface area (Å²) in [6, 6.07) is 14.8. The molecule has 1 fully saturated rings. The van der Waals surface area contributed by atoms with E-state index in [4.69, 9.17) is 23.8 Å². The van der Waals surface area contributed by atoms with Gasteiger partial charge in [-0.15, -0.1) is 0 Å². The number of benzene rings is 2. The first-order valence-electron chi connectivity index (χ1n) is 6.82. The van der Waals surface area contributed by atoms with E-state index in [1.807, 2.05) is 30.3 Å². The van der Waals surface area contributed by atoms with Crippen LogP contribution in [0, 0.1) is 0 Å². The lowest BCUT2D eigenvalue weighted by Gasteiger charge is -2.16. The number of thiocarbonyl (C=S) groups is 1. The first-order valence-corrected chi connectivity index (χ1v) is 8.40. The maximum Gasteiger partial charge on any atom is 0.281 e. The van der Waals surface area contributed by atoms with Crippen LogP contribution < -0.4 is 4.90 Å². The maximum atomic E-state index is 12.8. The molecule has 0 spiro atoms. The van der Waals surface area contributed by atoms with E-state index in [9.17, 15) is 4.79 Å². The van der Waals surface area contributed by atoms with E-state index >= 15 is 0 Å². The van der Waals surface area contributed by atoms with E-state index in [0.717, 1.165) is 10.0 Å². The summed E-state index contributed by atoms with van der Waals surface area (Å²) in [5, 5.41) is 1.06. The largest absolute Gasteiger partial charge is 0.317 e. The van der Waals surface area contributed by atoms with Gasteiger partial charge in [-0.3, -0.25) is 9.69 Å². The van der Waals surface area contributed by atoms with E-state index in [1.54, 1.807) is 36.2 Å². The molecule has 1 saturated heterocycles. The van der Waals surface area contributed by atoms with Crippen molar-refractivity contribution in [2.24, 2.45) is 0 Å². The van der Waals surface area contributed by atoms with Gasteiger partial charge in [0.25, 0.3) is 5.91 Å². The second-order valence-corrected chi connectivity index (χ2v) is 6.76. The molecule has 1 aliphatic heterocycles. The van der Waals surface area contributed by atoms with Crippen molar-refractivity contribution in [3.63, 3.8) is 0 Å². The lowest BCUT2D eigenvalue weighted by molar-refractivity contribution is -0.114. The van der Waals surface area contributed by atoms with Gasteiger partial charge < -0.3 is 4.90 Å². The molecule has 2 aromatic carbocycles. The average molecular weight is 408 g/mol. The Hall–Kier alpha value is -1.69. The zero-order chi connectivity index (χ0) is 16.6.